The van der Waals surface area contributed by atoms with Gasteiger partial charge in [-0.25, -0.2) is 4.98 Å². The fourth-order valence-electron chi connectivity index (χ4n) is 4.10. The maximum Gasteiger partial charge on any atom is 0.416 e. The topological polar surface area (TPSA) is 58.8 Å². The highest BCUT2D eigenvalue weighted by Crippen LogP contribution is 2.31. The molecule has 1 aliphatic heterocycles. The van der Waals surface area contributed by atoms with Crippen molar-refractivity contribution in [1.82, 2.24) is 9.88 Å². The van der Waals surface area contributed by atoms with Gasteiger partial charge in [-0.3, -0.25) is 4.79 Å². The first-order valence-corrected chi connectivity index (χ1v) is 11.1. The van der Waals surface area contributed by atoms with Crippen molar-refractivity contribution in [1.29, 1.82) is 0 Å². The van der Waals surface area contributed by atoms with Crippen molar-refractivity contribution in [3.63, 3.8) is 0 Å². The average Bonchev–Trinajstić information content (AvgIpc) is 3.42. The van der Waals surface area contributed by atoms with Gasteiger partial charge in [-0.05, 0) is 48.0 Å². The molecule has 6 nitrogen and oxygen atoms in total. The van der Waals surface area contributed by atoms with E-state index < -0.39 is 11.7 Å². The summed E-state index contributed by atoms with van der Waals surface area (Å²) in [4.78, 5) is 21.1. The third-order valence-electron chi connectivity index (χ3n) is 5.94. The highest BCUT2D eigenvalue weighted by Gasteiger charge is 2.30. The van der Waals surface area contributed by atoms with Crippen LogP contribution < -0.4 is 9.64 Å². The first kappa shape index (κ1) is 22.8. The quantitative estimate of drug-likeness (QED) is 0.383. The summed E-state index contributed by atoms with van der Waals surface area (Å²) < 4.78 is 50.2. The standard InChI is InChI=1S/C26H22F3N3O3/c27-26(28,29)20-6-1-4-18(16-20)17-35-21-7-2-5-19-9-10-23(30-24(19)21)31-11-13-32(14-12-31)25(33)22-8-3-15-34-22/h1-10,15-16H,11-14,17H2. The fraction of sp³-hybridized carbons (Fsp3) is 0.231. The van der Waals surface area contributed by atoms with Gasteiger partial charge < -0.3 is 19.0 Å². The summed E-state index contributed by atoms with van der Waals surface area (Å²) in [5, 5.41) is 0.863. The molecule has 0 bridgehead atoms. The Morgan fingerprint density at radius 1 is 0.971 bits per heavy atom. The van der Waals surface area contributed by atoms with Crippen molar-refractivity contribution in [3.05, 3.63) is 89.9 Å². The number of benzene rings is 2. The van der Waals surface area contributed by atoms with Crippen molar-refractivity contribution in [2.45, 2.75) is 12.8 Å². The number of pyridine rings is 1. The van der Waals surface area contributed by atoms with E-state index in [-0.39, 0.29) is 12.5 Å². The van der Waals surface area contributed by atoms with E-state index in [1.54, 1.807) is 29.2 Å². The highest BCUT2D eigenvalue weighted by atomic mass is 19.4. The molecular formula is C26H22F3N3O3. The number of nitrogens with zero attached hydrogens (tertiary/aromatic N) is 3. The van der Waals surface area contributed by atoms with E-state index in [0.717, 1.165) is 23.3 Å². The summed E-state index contributed by atoms with van der Waals surface area (Å²) in [5.74, 6) is 1.43. The number of hydrogen-bond acceptors (Lipinski definition) is 5. The molecule has 35 heavy (non-hydrogen) atoms. The molecule has 5 rings (SSSR count). The fourth-order valence-corrected chi connectivity index (χ4v) is 4.10. The van der Waals surface area contributed by atoms with Crippen molar-refractivity contribution >= 4 is 22.6 Å². The first-order valence-electron chi connectivity index (χ1n) is 11.1. The molecule has 0 aliphatic carbocycles. The van der Waals surface area contributed by atoms with Crippen LogP contribution in [0.2, 0.25) is 0 Å². The number of rotatable bonds is 5. The zero-order valence-corrected chi connectivity index (χ0v) is 18.7. The lowest BCUT2D eigenvalue weighted by molar-refractivity contribution is -0.137. The Bertz CT molecular complexity index is 1330. The van der Waals surface area contributed by atoms with Gasteiger partial charge in [0.05, 0.1) is 11.8 Å². The van der Waals surface area contributed by atoms with Gasteiger partial charge in [0.2, 0.25) is 0 Å². The molecule has 180 valence electrons. The largest absolute Gasteiger partial charge is 0.487 e. The molecule has 0 unspecified atom stereocenters. The van der Waals surface area contributed by atoms with Gasteiger partial charge in [0.1, 0.15) is 23.7 Å². The molecule has 1 amide bonds. The molecule has 4 aromatic rings. The van der Waals surface area contributed by atoms with E-state index in [0.29, 0.717) is 48.8 Å². The number of anilines is 1. The Morgan fingerprint density at radius 3 is 2.51 bits per heavy atom. The molecule has 1 fully saturated rings. The van der Waals surface area contributed by atoms with Crippen molar-refractivity contribution < 1.29 is 27.1 Å². The summed E-state index contributed by atoms with van der Waals surface area (Å²) >= 11 is 0. The molecule has 1 saturated heterocycles. The third-order valence-corrected chi connectivity index (χ3v) is 5.94. The van der Waals surface area contributed by atoms with E-state index >= 15 is 0 Å². The number of ether oxygens (including phenoxy) is 1. The van der Waals surface area contributed by atoms with Crippen LogP contribution in [0.1, 0.15) is 21.7 Å². The van der Waals surface area contributed by atoms with Crippen LogP contribution in [0.25, 0.3) is 10.9 Å². The molecule has 0 N–H and O–H groups in total. The van der Waals surface area contributed by atoms with Crippen LogP contribution in [-0.4, -0.2) is 42.0 Å². The van der Waals surface area contributed by atoms with Gasteiger partial charge in [0.25, 0.3) is 5.91 Å². The van der Waals surface area contributed by atoms with Gasteiger partial charge in [-0.2, -0.15) is 13.2 Å². The zero-order chi connectivity index (χ0) is 24.4. The molecule has 0 radical (unpaired) electrons. The summed E-state index contributed by atoms with van der Waals surface area (Å²) in [5.41, 5.74) is 0.345. The van der Waals surface area contributed by atoms with Gasteiger partial charge in [-0.15, -0.1) is 0 Å². The third kappa shape index (κ3) is 4.94. The Morgan fingerprint density at radius 2 is 1.77 bits per heavy atom. The second-order valence-electron chi connectivity index (χ2n) is 8.24. The molecule has 0 atom stereocenters. The average molecular weight is 481 g/mol. The SMILES string of the molecule is O=C(c1ccco1)N1CCN(c2ccc3cccc(OCc4cccc(C(F)(F)F)c4)c3n2)CC1. The monoisotopic (exact) mass is 481 g/mol. The van der Waals surface area contributed by atoms with E-state index in [4.69, 9.17) is 14.1 Å². The number of aromatic nitrogens is 1. The number of halogens is 3. The van der Waals surface area contributed by atoms with Crippen LogP contribution >= 0.6 is 0 Å². The number of amides is 1. The zero-order valence-electron chi connectivity index (χ0n) is 18.7. The van der Waals surface area contributed by atoms with Crippen molar-refractivity contribution in [3.8, 4) is 5.75 Å². The highest BCUT2D eigenvalue weighted by molar-refractivity contribution is 5.91. The normalized spacial score (nSPS) is 14.4. The summed E-state index contributed by atoms with van der Waals surface area (Å²) in [7, 11) is 0. The van der Waals surface area contributed by atoms with Crippen LogP contribution in [0.5, 0.6) is 5.75 Å². The number of carbonyl (C=O) groups is 1. The predicted molar refractivity (Wildman–Crippen MR) is 124 cm³/mol. The number of para-hydroxylation sites is 1. The molecule has 9 heteroatoms. The van der Waals surface area contributed by atoms with E-state index in [1.165, 1.54) is 12.3 Å². The molecular weight excluding hydrogens is 459 g/mol. The number of hydrogen-bond donors (Lipinski definition) is 0. The van der Waals surface area contributed by atoms with Gasteiger partial charge in [0, 0.05) is 31.6 Å². The smallest absolute Gasteiger partial charge is 0.416 e. The molecule has 2 aromatic heterocycles. The number of furan rings is 1. The molecule has 0 spiro atoms. The lowest BCUT2D eigenvalue weighted by Crippen LogP contribution is -2.49. The lowest BCUT2D eigenvalue weighted by Gasteiger charge is -2.35. The number of piperazine rings is 1. The molecule has 0 saturated carbocycles. The summed E-state index contributed by atoms with van der Waals surface area (Å²) in [6, 6.07) is 17.8. The molecule has 2 aromatic carbocycles. The second-order valence-corrected chi connectivity index (χ2v) is 8.24. The maximum absolute atomic E-state index is 13.0. The van der Waals surface area contributed by atoms with Crippen LogP contribution in [0.15, 0.2) is 77.4 Å². The minimum absolute atomic E-state index is 0.0114. The van der Waals surface area contributed by atoms with Gasteiger partial charge >= 0.3 is 6.18 Å². The Balaban J connectivity index is 1.30. The predicted octanol–water partition coefficient (Wildman–Crippen LogP) is 5.39. The first-order chi connectivity index (χ1) is 16.9. The van der Waals surface area contributed by atoms with Crippen LogP contribution in [0, 0.1) is 0 Å². The molecule has 1 aliphatic rings. The molecule has 3 heterocycles. The summed E-state index contributed by atoms with van der Waals surface area (Å²) in [6.07, 6.45) is -2.92. The Hall–Kier alpha value is -4.01. The second kappa shape index (κ2) is 9.32. The van der Waals surface area contributed by atoms with Gasteiger partial charge in [0.15, 0.2) is 5.76 Å². The van der Waals surface area contributed by atoms with Crippen molar-refractivity contribution in [2.75, 3.05) is 31.1 Å². The van der Waals surface area contributed by atoms with Crippen molar-refractivity contribution in [2.24, 2.45) is 0 Å². The van der Waals surface area contributed by atoms with Gasteiger partial charge in [-0.1, -0.05) is 24.3 Å². The Labute approximate surface area is 199 Å². The van der Waals surface area contributed by atoms with E-state index in [9.17, 15) is 18.0 Å². The van der Waals surface area contributed by atoms with E-state index in [2.05, 4.69) is 4.90 Å². The Kier molecular flexibility index (Phi) is 6.07. The maximum atomic E-state index is 13.0. The number of carbonyl (C=O) groups excluding carboxylic acids is 1. The minimum Gasteiger partial charge on any atom is -0.487 e. The lowest BCUT2D eigenvalue weighted by atomic mass is 10.1. The number of fused-ring (bicyclic) bond motifs is 1. The van der Waals surface area contributed by atoms with Crippen LogP contribution in [0.4, 0.5) is 19.0 Å². The van der Waals surface area contributed by atoms with Crippen LogP contribution in [0.3, 0.4) is 0 Å². The summed E-state index contributed by atoms with van der Waals surface area (Å²) in [6.45, 7) is 2.28. The minimum atomic E-state index is -4.40. The van der Waals surface area contributed by atoms with Crippen LogP contribution in [-0.2, 0) is 12.8 Å². The van der Waals surface area contributed by atoms with E-state index in [1.807, 2.05) is 24.3 Å². The number of alkyl halides is 3.